The van der Waals surface area contributed by atoms with Crippen molar-refractivity contribution in [3.05, 3.63) is 28.7 Å². The van der Waals surface area contributed by atoms with Crippen LogP contribution in [-0.2, 0) is 9.59 Å². The van der Waals surface area contributed by atoms with E-state index in [1.165, 1.54) is 0 Å². The molecule has 0 saturated carbocycles. The maximum atomic E-state index is 12.8. The normalized spacial score (nSPS) is 23.6. The maximum Gasteiger partial charge on any atom is 0.239 e. The molecule has 2 unspecified atom stereocenters. The number of amides is 2. The van der Waals surface area contributed by atoms with Gasteiger partial charge in [-0.25, -0.2) is 0 Å². The van der Waals surface area contributed by atoms with E-state index in [1.54, 1.807) is 4.90 Å². The van der Waals surface area contributed by atoms with Crippen LogP contribution >= 0.6 is 15.9 Å². The Labute approximate surface area is 151 Å². The molecule has 2 N–H and O–H groups in total. The first-order chi connectivity index (χ1) is 11.5. The second-order valence-corrected chi connectivity index (χ2v) is 7.66. The molecule has 2 fully saturated rings. The highest BCUT2D eigenvalue weighted by molar-refractivity contribution is 9.10. The third kappa shape index (κ3) is 3.35. The highest BCUT2D eigenvalue weighted by Crippen LogP contribution is 2.32. The highest BCUT2D eigenvalue weighted by Gasteiger charge is 2.40. The van der Waals surface area contributed by atoms with Crippen molar-refractivity contribution in [3.8, 4) is 0 Å². The molecule has 2 atom stereocenters. The predicted octanol–water partition coefficient (Wildman–Crippen LogP) is 2.39. The molecule has 6 heteroatoms. The molecule has 0 aromatic heterocycles. The van der Waals surface area contributed by atoms with Gasteiger partial charge < -0.3 is 15.5 Å². The molecule has 130 valence electrons. The summed E-state index contributed by atoms with van der Waals surface area (Å²) in [6.07, 6.45) is 2.45. The molecular formula is C18H24BrN3O2. The Morgan fingerprint density at radius 2 is 1.88 bits per heavy atom. The van der Waals surface area contributed by atoms with Gasteiger partial charge in [0.15, 0.2) is 0 Å². The van der Waals surface area contributed by atoms with Crippen LogP contribution in [0.15, 0.2) is 28.7 Å². The van der Waals surface area contributed by atoms with Crippen LogP contribution in [-0.4, -0.2) is 42.4 Å². The van der Waals surface area contributed by atoms with Gasteiger partial charge in [0.05, 0.1) is 5.69 Å². The zero-order chi connectivity index (χ0) is 17.3. The minimum Gasteiger partial charge on any atom is -0.342 e. The van der Waals surface area contributed by atoms with E-state index >= 15 is 0 Å². The Kier molecular flexibility index (Phi) is 5.25. The first kappa shape index (κ1) is 17.4. The monoisotopic (exact) mass is 393 g/mol. The van der Waals surface area contributed by atoms with E-state index < -0.39 is 5.92 Å². The van der Waals surface area contributed by atoms with Crippen LogP contribution in [0.5, 0.6) is 0 Å². The molecule has 24 heavy (non-hydrogen) atoms. The molecule has 2 aliphatic rings. The van der Waals surface area contributed by atoms with E-state index in [9.17, 15) is 9.59 Å². The summed E-state index contributed by atoms with van der Waals surface area (Å²) in [6, 6.07) is 7.81. The second kappa shape index (κ2) is 7.23. The molecular weight excluding hydrogens is 370 g/mol. The molecule has 2 amide bonds. The summed E-state index contributed by atoms with van der Waals surface area (Å²) in [6.45, 7) is 4.04. The van der Waals surface area contributed by atoms with Gasteiger partial charge >= 0.3 is 0 Å². The van der Waals surface area contributed by atoms with Gasteiger partial charge in [-0.1, -0.05) is 12.1 Å². The quantitative estimate of drug-likeness (QED) is 0.801. The van der Waals surface area contributed by atoms with Gasteiger partial charge in [-0.05, 0) is 60.2 Å². The Morgan fingerprint density at radius 1 is 1.21 bits per heavy atom. The molecule has 2 aliphatic heterocycles. The van der Waals surface area contributed by atoms with Crippen LogP contribution in [0.2, 0.25) is 0 Å². The summed E-state index contributed by atoms with van der Waals surface area (Å²) < 4.78 is 0.879. The molecule has 0 bridgehead atoms. The topological polar surface area (TPSA) is 66.6 Å². The lowest BCUT2D eigenvalue weighted by Gasteiger charge is -2.34. The Morgan fingerprint density at radius 3 is 2.50 bits per heavy atom. The zero-order valence-corrected chi connectivity index (χ0v) is 15.5. The van der Waals surface area contributed by atoms with Crippen molar-refractivity contribution in [2.75, 3.05) is 24.5 Å². The van der Waals surface area contributed by atoms with E-state index in [0.717, 1.165) is 23.0 Å². The SMILES string of the molecule is CC(N)C1CCN(C(=O)C2CCN(c3ccccc3Br)C2=O)CC1. The van der Waals surface area contributed by atoms with Crippen molar-refractivity contribution >= 4 is 33.4 Å². The lowest BCUT2D eigenvalue weighted by atomic mass is 9.90. The van der Waals surface area contributed by atoms with E-state index in [1.807, 2.05) is 36.1 Å². The summed E-state index contributed by atoms with van der Waals surface area (Å²) in [5, 5.41) is 0. The number of hydrogen-bond acceptors (Lipinski definition) is 3. The standard InChI is InChI=1S/C18H24BrN3O2/c1-12(20)13-6-9-21(10-7-13)17(23)14-8-11-22(18(14)24)16-5-3-2-4-15(16)19/h2-5,12-14H,6-11,20H2,1H3. The molecule has 5 nitrogen and oxygen atoms in total. The van der Waals surface area contributed by atoms with Gasteiger partial charge in [0.2, 0.25) is 11.8 Å². The summed E-state index contributed by atoms with van der Waals surface area (Å²) in [5.74, 6) is -0.159. The van der Waals surface area contributed by atoms with Crippen molar-refractivity contribution in [1.82, 2.24) is 4.90 Å². The first-order valence-electron chi connectivity index (χ1n) is 8.59. The number of piperidine rings is 1. The molecule has 1 aromatic carbocycles. The number of likely N-dealkylation sites (tertiary alicyclic amines) is 1. The molecule has 1 aromatic rings. The van der Waals surface area contributed by atoms with Gasteiger partial charge in [-0.2, -0.15) is 0 Å². The first-order valence-corrected chi connectivity index (χ1v) is 9.38. The number of halogens is 1. The van der Waals surface area contributed by atoms with Crippen LogP contribution in [0.25, 0.3) is 0 Å². The number of hydrogen-bond donors (Lipinski definition) is 1. The molecule has 0 aliphatic carbocycles. The van der Waals surface area contributed by atoms with E-state index in [-0.39, 0.29) is 17.9 Å². The minimum atomic E-state index is -0.538. The largest absolute Gasteiger partial charge is 0.342 e. The zero-order valence-electron chi connectivity index (χ0n) is 14.0. The van der Waals surface area contributed by atoms with Crippen molar-refractivity contribution in [1.29, 1.82) is 0 Å². The number of carbonyl (C=O) groups is 2. The van der Waals surface area contributed by atoms with Crippen molar-refractivity contribution in [2.24, 2.45) is 17.6 Å². The number of benzene rings is 1. The lowest BCUT2D eigenvalue weighted by Crippen LogP contribution is -2.46. The Balaban J connectivity index is 1.65. The summed E-state index contributed by atoms with van der Waals surface area (Å²) >= 11 is 3.49. The number of carbonyl (C=O) groups excluding carboxylic acids is 2. The molecule has 2 heterocycles. The van der Waals surface area contributed by atoms with E-state index in [4.69, 9.17) is 5.73 Å². The van der Waals surface area contributed by atoms with Crippen LogP contribution in [0, 0.1) is 11.8 Å². The fourth-order valence-electron chi connectivity index (χ4n) is 3.68. The molecule has 2 saturated heterocycles. The van der Waals surface area contributed by atoms with Crippen molar-refractivity contribution < 1.29 is 9.59 Å². The average Bonchev–Trinajstić information content (AvgIpc) is 2.96. The smallest absolute Gasteiger partial charge is 0.239 e. The summed E-state index contributed by atoms with van der Waals surface area (Å²) in [4.78, 5) is 29.1. The third-order valence-electron chi connectivity index (χ3n) is 5.24. The van der Waals surface area contributed by atoms with Crippen LogP contribution < -0.4 is 10.6 Å². The summed E-state index contributed by atoms with van der Waals surface area (Å²) in [7, 11) is 0. The Hall–Kier alpha value is -1.40. The highest BCUT2D eigenvalue weighted by atomic mass is 79.9. The van der Waals surface area contributed by atoms with Crippen molar-refractivity contribution in [2.45, 2.75) is 32.2 Å². The van der Waals surface area contributed by atoms with Gasteiger partial charge in [0.1, 0.15) is 5.92 Å². The van der Waals surface area contributed by atoms with Gasteiger partial charge in [0.25, 0.3) is 0 Å². The number of rotatable bonds is 3. The number of nitrogens with two attached hydrogens (primary N) is 1. The number of nitrogens with zero attached hydrogens (tertiary/aromatic N) is 2. The average molecular weight is 394 g/mol. The predicted molar refractivity (Wildman–Crippen MR) is 97.6 cm³/mol. The van der Waals surface area contributed by atoms with Gasteiger partial charge in [-0.15, -0.1) is 0 Å². The van der Waals surface area contributed by atoms with Gasteiger partial charge in [0, 0.05) is 30.1 Å². The van der Waals surface area contributed by atoms with Crippen LogP contribution in [0.3, 0.4) is 0 Å². The van der Waals surface area contributed by atoms with Crippen LogP contribution in [0.1, 0.15) is 26.2 Å². The number of anilines is 1. The fraction of sp³-hybridized carbons (Fsp3) is 0.556. The van der Waals surface area contributed by atoms with E-state index in [2.05, 4.69) is 15.9 Å². The maximum absolute atomic E-state index is 12.8. The summed E-state index contributed by atoms with van der Waals surface area (Å²) in [5.41, 5.74) is 6.80. The molecule has 0 radical (unpaired) electrons. The van der Waals surface area contributed by atoms with Crippen molar-refractivity contribution in [3.63, 3.8) is 0 Å². The fourth-order valence-corrected chi connectivity index (χ4v) is 4.18. The Bertz CT molecular complexity index is 626. The van der Waals surface area contributed by atoms with Crippen LogP contribution in [0.4, 0.5) is 5.69 Å². The van der Waals surface area contributed by atoms with E-state index in [0.29, 0.717) is 32.0 Å². The minimum absolute atomic E-state index is 0.0160. The lowest BCUT2D eigenvalue weighted by molar-refractivity contribution is -0.141. The molecule has 0 spiro atoms. The second-order valence-electron chi connectivity index (χ2n) is 6.80. The number of para-hydroxylation sites is 1. The van der Waals surface area contributed by atoms with Gasteiger partial charge in [-0.3, -0.25) is 9.59 Å². The third-order valence-corrected chi connectivity index (χ3v) is 5.91. The molecule has 3 rings (SSSR count).